The van der Waals surface area contributed by atoms with Crippen molar-refractivity contribution in [2.45, 2.75) is 57.5 Å². The van der Waals surface area contributed by atoms with Crippen LogP contribution >= 0.6 is 0 Å². The highest BCUT2D eigenvalue weighted by molar-refractivity contribution is 5.83. The second-order valence-electron chi connectivity index (χ2n) is 5.30. The van der Waals surface area contributed by atoms with E-state index < -0.39 is 23.9 Å². The third-order valence-electron chi connectivity index (χ3n) is 3.43. The molecule has 20 heavy (non-hydrogen) atoms. The predicted octanol–water partition coefficient (Wildman–Crippen LogP) is 0.583. The second kappa shape index (κ2) is 7.72. The average Bonchev–Trinajstić information content (AvgIpc) is 3.16. The fourth-order valence-electron chi connectivity index (χ4n) is 2.01. The molecule has 0 aliphatic heterocycles. The summed E-state index contributed by atoms with van der Waals surface area (Å²) in [6.45, 7) is 1.98. The fraction of sp³-hybridized carbons (Fsp3) is 0.769. The molecule has 0 aromatic heterocycles. The first kappa shape index (κ1) is 16.3. The zero-order valence-electron chi connectivity index (χ0n) is 11.7. The number of carbonyl (C=O) groups is 3. The number of rotatable bonds is 9. The summed E-state index contributed by atoms with van der Waals surface area (Å²) in [7, 11) is 0. The van der Waals surface area contributed by atoms with E-state index in [9.17, 15) is 14.4 Å². The molecule has 5 N–H and O–H groups in total. The van der Waals surface area contributed by atoms with Crippen molar-refractivity contribution in [3.05, 3.63) is 0 Å². The largest absolute Gasteiger partial charge is 0.480 e. The monoisotopic (exact) mass is 285 g/mol. The Morgan fingerprint density at radius 2 is 1.95 bits per heavy atom. The summed E-state index contributed by atoms with van der Waals surface area (Å²) in [5.74, 6) is -1.07. The van der Waals surface area contributed by atoms with Crippen molar-refractivity contribution in [2.75, 3.05) is 0 Å². The maximum atomic E-state index is 11.8. The molecule has 3 amide bonds. The first-order valence-electron chi connectivity index (χ1n) is 7.00. The smallest absolute Gasteiger partial charge is 0.326 e. The van der Waals surface area contributed by atoms with E-state index in [1.807, 2.05) is 6.92 Å². The number of carboxylic acids is 1. The van der Waals surface area contributed by atoms with Gasteiger partial charge in [0.2, 0.25) is 5.91 Å². The van der Waals surface area contributed by atoms with Crippen LogP contribution in [-0.4, -0.2) is 35.1 Å². The van der Waals surface area contributed by atoms with Crippen LogP contribution in [0.5, 0.6) is 0 Å². The number of carboxylic acid groups (broad SMARTS) is 1. The van der Waals surface area contributed by atoms with Gasteiger partial charge in [-0.3, -0.25) is 4.79 Å². The summed E-state index contributed by atoms with van der Waals surface area (Å²) in [5, 5.41) is 14.1. The van der Waals surface area contributed by atoms with Crippen LogP contribution in [0.15, 0.2) is 0 Å². The molecule has 1 aliphatic rings. The van der Waals surface area contributed by atoms with Gasteiger partial charge in [-0.05, 0) is 25.2 Å². The van der Waals surface area contributed by atoms with Gasteiger partial charge in [0.15, 0.2) is 0 Å². The topological polar surface area (TPSA) is 122 Å². The Kier molecular flexibility index (Phi) is 6.27. The molecule has 7 nitrogen and oxygen atoms in total. The van der Waals surface area contributed by atoms with Gasteiger partial charge in [-0.25, -0.2) is 9.59 Å². The van der Waals surface area contributed by atoms with Crippen molar-refractivity contribution < 1.29 is 19.5 Å². The number of aliphatic carboxylic acids is 1. The fourth-order valence-corrected chi connectivity index (χ4v) is 2.01. The summed E-state index contributed by atoms with van der Waals surface area (Å²) < 4.78 is 0. The van der Waals surface area contributed by atoms with Crippen LogP contribution in [0.4, 0.5) is 4.79 Å². The van der Waals surface area contributed by atoms with Gasteiger partial charge in [-0.15, -0.1) is 0 Å². The Morgan fingerprint density at radius 1 is 1.30 bits per heavy atom. The van der Waals surface area contributed by atoms with E-state index >= 15 is 0 Å². The minimum absolute atomic E-state index is 0.00248. The molecule has 7 heteroatoms. The third kappa shape index (κ3) is 6.40. The molecule has 0 saturated heterocycles. The molecule has 0 aromatic rings. The van der Waals surface area contributed by atoms with Crippen molar-refractivity contribution in [3.63, 3.8) is 0 Å². The van der Waals surface area contributed by atoms with Gasteiger partial charge in [0.05, 0.1) is 0 Å². The number of hydrogen-bond acceptors (Lipinski definition) is 3. The SMILES string of the molecule is CCC(CC1CC1)NC(=O)N[C@@H](CCC(N)=O)C(=O)O. The number of primary amides is 1. The van der Waals surface area contributed by atoms with Gasteiger partial charge in [0.25, 0.3) is 0 Å². The minimum atomic E-state index is -1.17. The lowest BCUT2D eigenvalue weighted by Crippen LogP contribution is -2.49. The second-order valence-corrected chi connectivity index (χ2v) is 5.30. The Morgan fingerprint density at radius 3 is 2.40 bits per heavy atom. The molecule has 1 unspecified atom stereocenters. The number of nitrogens with one attached hydrogen (secondary N) is 2. The van der Waals surface area contributed by atoms with E-state index in [1.54, 1.807) is 0 Å². The van der Waals surface area contributed by atoms with Gasteiger partial charge in [-0.2, -0.15) is 0 Å². The van der Waals surface area contributed by atoms with Crippen LogP contribution in [0.2, 0.25) is 0 Å². The van der Waals surface area contributed by atoms with Gasteiger partial charge >= 0.3 is 12.0 Å². The lowest BCUT2D eigenvalue weighted by atomic mass is 10.1. The van der Waals surface area contributed by atoms with Crippen LogP contribution in [0, 0.1) is 5.92 Å². The maximum absolute atomic E-state index is 11.8. The zero-order valence-corrected chi connectivity index (χ0v) is 11.7. The van der Waals surface area contributed by atoms with Gasteiger partial charge in [-0.1, -0.05) is 19.8 Å². The molecule has 0 bridgehead atoms. The van der Waals surface area contributed by atoms with Crippen molar-refractivity contribution in [3.8, 4) is 0 Å². The zero-order chi connectivity index (χ0) is 15.1. The van der Waals surface area contributed by atoms with Gasteiger partial charge < -0.3 is 21.5 Å². The van der Waals surface area contributed by atoms with E-state index in [0.29, 0.717) is 5.92 Å². The molecular weight excluding hydrogens is 262 g/mol. The van der Waals surface area contributed by atoms with Crippen LogP contribution in [0.3, 0.4) is 0 Å². The Balaban J connectivity index is 2.38. The highest BCUT2D eigenvalue weighted by Crippen LogP contribution is 2.33. The molecule has 2 atom stereocenters. The molecule has 1 saturated carbocycles. The Hall–Kier alpha value is -1.79. The standard InChI is InChI=1S/C13H23N3O4/c1-2-9(7-8-3-4-8)15-13(20)16-10(12(18)19)5-6-11(14)17/h8-10H,2-7H2,1H3,(H2,14,17)(H,18,19)(H2,15,16,20)/t9?,10-/m0/s1. The van der Waals surface area contributed by atoms with E-state index in [-0.39, 0.29) is 18.9 Å². The van der Waals surface area contributed by atoms with Crippen molar-refractivity contribution in [2.24, 2.45) is 11.7 Å². The molecule has 1 rings (SSSR count). The number of amides is 3. The quantitative estimate of drug-likeness (QED) is 0.495. The maximum Gasteiger partial charge on any atom is 0.326 e. The number of hydrogen-bond donors (Lipinski definition) is 4. The van der Waals surface area contributed by atoms with Crippen LogP contribution in [0.25, 0.3) is 0 Å². The first-order chi connectivity index (χ1) is 9.42. The Labute approximate surface area is 118 Å². The summed E-state index contributed by atoms with van der Waals surface area (Å²) in [6, 6.07) is -1.54. The van der Waals surface area contributed by atoms with Crippen molar-refractivity contribution >= 4 is 17.9 Å². The lowest BCUT2D eigenvalue weighted by Gasteiger charge is -2.19. The molecule has 1 aliphatic carbocycles. The Bertz CT molecular complexity index is 369. The number of nitrogens with two attached hydrogens (primary N) is 1. The van der Waals surface area contributed by atoms with Crippen molar-refractivity contribution in [1.82, 2.24) is 10.6 Å². The van der Waals surface area contributed by atoms with Crippen molar-refractivity contribution in [1.29, 1.82) is 0 Å². The van der Waals surface area contributed by atoms with Gasteiger partial charge in [0.1, 0.15) is 6.04 Å². The number of carbonyl (C=O) groups excluding carboxylic acids is 2. The van der Waals surface area contributed by atoms with E-state index in [0.717, 1.165) is 12.8 Å². The van der Waals surface area contributed by atoms with E-state index in [4.69, 9.17) is 10.8 Å². The third-order valence-corrected chi connectivity index (χ3v) is 3.43. The molecule has 0 spiro atoms. The molecular formula is C13H23N3O4. The first-order valence-corrected chi connectivity index (χ1v) is 7.00. The normalized spacial score (nSPS) is 17.1. The predicted molar refractivity (Wildman–Crippen MR) is 72.9 cm³/mol. The minimum Gasteiger partial charge on any atom is -0.480 e. The highest BCUT2D eigenvalue weighted by Gasteiger charge is 2.26. The summed E-state index contributed by atoms with van der Waals surface area (Å²) in [4.78, 5) is 33.4. The van der Waals surface area contributed by atoms with Gasteiger partial charge in [0, 0.05) is 12.5 Å². The summed E-state index contributed by atoms with van der Waals surface area (Å²) in [5.41, 5.74) is 4.98. The molecule has 0 heterocycles. The molecule has 0 aromatic carbocycles. The number of urea groups is 1. The molecule has 114 valence electrons. The van der Waals surface area contributed by atoms with Crippen LogP contribution < -0.4 is 16.4 Å². The van der Waals surface area contributed by atoms with E-state index in [1.165, 1.54) is 12.8 Å². The molecule has 0 radical (unpaired) electrons. The molecule has 1 fully saturated rings. The summed E-state index contributed by atoms with van der Waals surface area (Å²) in [6.07, 6.45) is 4.08. The average molecular weight is 285 g/mol. The summed E-state index contributed by atoms with van der Waals surface area (Å²) >= 11 is 0. The lowest BCUT2D eigenvalue weighted by molar-refractivity contribution is -0.139. The van der Waals surface area contributed by atoms with E-state index in [2.05, 4.69) is 10.6 Å². The van der Waals surface area contributed by atoms with Crippen LogP contribution in [-0.2, 0) is 9.59 Å². The van der Waals surface area contributed by atoms with Crippen LogP contribution in [0.1, 0.15) is 45.4 Å². The highest BCUT2D eigenvalue weighted by atomic mass is 16.4.